The lowest BCUT2D eigenvalue weighted by Gasteiger charge is -2.16. The van der Waals surface area contributed by atoms with Crippen LogP contribution in [0.2, 0.25) is 5.02 Å². The minimum absolute atomic E-state index is 0.491. The van der Waals surface area contributed by atoms with Crippen LogP contribution >= 0.6 is 27.5 Å². The van der Waals surface area contributed by atoms with Gasteiger partial charge in [-0.1, -0.05) is 39.7 Å². The summed E-state index contributed by atoms with van der Waals surface area (Å²) in [6.07, 6.45) is 0.782. The second-order valence-corrected chi connectivity index (χ2v) is 6.69. The predicted octanol–water partition coefficient (Wildman–Crippen LogP) is 4.62. The predicted molar refractivity (Wildman–Crippen MR) is 88.2 cm³/mol. The maximum Gasteiger partial charge on any atom is 0.126 e. The number of aliphatic hydroxyl groups excluding tert-OH is 1. The van der Waals surface area contributed by atoms with E-state index in [-0.39, 0.29) is 0 Å². The van der Waals surface area contributed by atoms with Gasteiger partial charge in [0.15, 0.2) is 0 Å². The summed E-state index contributed by atoms with van der Waals surface area (Å²) < 4.78 is 6.61. The minimum Gasteiger partial charge on any atom is -0.493 e. The van der Waals surface area contributed by atoms with Crippen molar-refractivity contribution in [3.05, 3.63) is 62.1 Å². The van der Waals surface area contributed by atoms with Crippen molar-refractivity contribution in [3.8, 4) is 5.75 Å². The zero-order valence-corrected chi connectivity index (χ0v) is 14.0. The maximum absolute atomic E-state index is 10.5. The quantitative estimate of drug-likeness (QED) is 0.857. The Balaban J connectivity index is 1.90. The van der Waals surface area contributed by atoms with E-state index in [0.717, 1.165) is 38.9 Å². The number of benzene rings is 2. The van der Waals surface area contributed by atoms with Gasteiger partial charge in [-0.25, -0.2) is 0 Å². The van der Waals surface area contributed by atoms with Crippen molar-refractivity contribution < 1.29 is 9.84 Å². The number of halogens is 2. The molecule has 1 heterocycles. The van der Waals surface area contributed by atoms with E-state index < -0.39 is 6.10 Å². The highest BCUT2D eigenvalue weighted by Gasteiger charge is 2.21. The highest BCUT2D eigenvalue weighted by molar-refractivity contribution is 9.10. The molecule has 2 aromatic rings. The van der Waals surface area contributed by atoms with E-state index in [4.69, 9.17) is 16.3 Å². The lowest BCUT2D eigenvalue weighted by molar-refractivity contribution is 0.176. The lowest BCUT2D eigenvalue weighted by Crippen LogP contribution is -2.04. The molecule has 4 heteroatoms. The first-order valence-corrected chi connectivity index (χ1v) is 8.10. The monoisotopic (exact) mass is 366 g/mol. The topological polar surface area (TPSA) is 29.5 Å². The molecule has 3 rings (SSSR count). The molecular formula is C17H16BrClO2. The number of ether oxygens (including phenoxy) is 1. The molecule has 1 unspecified atom stereocenters. The lowest BCUT2D eigenvalue weighted by atomic mass is 9.98. The molecule has 0 radical (unpaired) electrons. The van der Waals surface area contributed by atoms with Gasteiger partial charge in [-0.3, -0.25) is 0 Å². The Morgan fingerprint density at radius 1 is 1.33 bits per heavy atom. The molecule has 0 aliphatic carbocycles. The summed E-state index contributed by atoms with van der Waals surface area (Å²) in [4.78, 5) is 0. The number of fused-ring (bicyclic) bond motifs is 1. The van der Waals surface area contributed by atoms with Gasteiger partial charge >= 0.3 is 0 Å². The summed E-state index contributed by atoms with van der Waals surface area (Å²) in [6, 6.07) is 9.80. The maximum atomic E-state index is 10.5. The van der Waals surface area contributed by atoms with Crippen molar-refractivity contribution >= 4 is 27.5 Å². The van der Waals surface area contributed by atoms with Gasteiger partial charge in [0.05, 0.1) is 12.7 Å². The third kappa shape index (κ3) is 3.10. The van der Waals surface area contributed by atoms with Gasteiger partial charge in [0.2, 0.25) is 0 Å². The minimum atomic E-state index is -0.591. The van der Waals surface area contributed by atoms with E-state index in [0.29, 0.717) is 18.1 Å². The van der Waals surface area contributed by atoms with E-state index >= 15 is 0 Å². The van der Waals surface area contributed by atoms with Crippen LogP contribution in [0.4, 0.5) is 0 Å². The summed E-state index contributed by atoms with van der Waals surface area (Å²) in [6.45, 7) is 2.71. The van der Waals surface area contributed by atoms with Crippen LogP contribution in [-0.2, 0) is 12.8 Å². The normalized spacial score (nSPS) is 14.7. The second-order valence-electron chi connectivity index (χ2n) is 5.40. The van der Waals surface area contributed by atoms with Crippen molar-refractivity contribution in [1.82, 2.24) is 0 Å². The molecule has 0 saturated heterocycles. The molecule has 1 aliphatic rings. The third-order valence-electron chi connectivity index (χ3n) is 3.75. The smallest absolute Gasteiger partial charge is 0.126 e. The van der Waals surface area contributed by atoms with Crippen LogP contribution in [-0.4, -0.2) is 11.7 Å². The summed E-state index contributed by atoms with van der Waals surface area (Å²) in [7, 11) is 0. The first kappa shape index (κ1) is 14.9. The fraction of sp³-hybridized carbons (Fsp3) is 0.294. The van der Waals surface area contributed by atoms with Crippen LogP contribution in [0.1, 0.15) is 28.4 Å². The van der Waals surface area contributed by atoms with Crippen LogP contribution in [0.15, 0.2) is 34.8 Å². The number of rotatable bonds is 3. The van der Waals surface area contributed by atoms with E-state index in [1.165, 1.54) is 0 Å². The molecule has 2 nitrogen and oxygen atoms in total. The van der Waals surface area contributed by atoms with Crippen molar-refractivity contribution in [2.45, 2.75) is 25.9 Å². The van der Waals surface area contributed by atoms with Crippen molar-refractivity contribution in [2.24, 2.45) is 0 Å². The Kier molecular flexibility index (Phi) is 4.25. The number of aliphatic hydroxyl groups is 1. The Bertz CT molecular complexity index is 685. The van der Waals surface area contributed by atoms with E-state index in [1.54, 1.807) is 0 Å². The van der Waals surface area contributed by atoms with Crippen molar-refractivity contribution in [2.75, 3.05) is 6.61 Å². The summed E-state index contributed by atoms with van der Waals surface area (Å²) in [5.41, 5.74) is 4.14. The number of aryl methyl sites for hydroxylation is 1. The molecule has 0 spiro atoms. The average Bonchev–Trinajstić information content (AvgIpc) is 2.86. The SMILES string of the molecule is Cc1ccc(C(O)Cc2cc(Cl)cc3c2OCC3)c(Br)c1. The van der Waals surface area contributed by atoms with Gasteiger partial charge in [-0.15, -0.1) is 0 Å². The van der Waals surface area contributed by atoms with Crippen LogP contribution in [0.5, 0.6) is 5.75 Å². The molecular weight excluding hydrogens is 352 g/mol. The molecule has 1 N–H and O–H groups in total. The van der Waals surface area contributed by atoms with Gasteiger partial charge in [0.1, 0.15) is 5.75 Å². The molecule has 0 saturated carbocycles. The Labute approximate surface area is 137 Å². The highest BCUT2D eigenvalue weighted by Crippen LogP contribution is 2.36. The van der Waals surface area contributed by atoms with Gasteiger partial charge in [0, 0.05) is 22.3 Å². The molecule has 2 aromatic carbocycles. The second kappa shape index (κ2) is 5.99. The first-order valence-electron chi connectivity index (χ1n) is 6.93. The van der Waals surface area contributed by atoms with Crippen LogP contribution < -0.4 is 4.74 Å². The molecule has 0 aromatic heterocycles. The van der Waals surface area contributed by atoms with E-state index in [2.05, 4.69) is 15.9 Å². The fourth-order valence-electron chi connectivity index (χ4n) is 2.72. The highest BCUT2D eigenvalue weighted by atomic mass is 79.9. The number of hydrogen-bond acceptors (Lipinski definition) is 2. The Hall–Kier alpha value is -1.03. The molecule has 1 aliphatic heterocycles. The van der Waals surface area contributed by atoms with Crippen LogP contribution in [0.3, 0.4) is 0 Å². The van der Waals surface area contributed by atoms with Crippen molar-refractivity contribution in [3.63, 3.8) is 0 Å². The van der Waals surface area contributed by atoms with Crippen molar-refractivity contribution in [1.29, 1.82) is 0 Å². The molecule has 0 amide bonds. The standard InChI is InChI=1S/C17H16BrClO2/c1-10-2-3-14(15(18)6-10)16(20)9-12-8-13(19)7-11-4-5-21-17(11)12/h2-3,6-8,16,20H,4-5,9H2,1H3. The third-order valence-corrected chi connectivity index (χ3v) is 4.66. The van der Waals surface area contributed by atoms with E-state index in [9.17, 15) is 5.11 Å². The molecule has 0 bridgehead atoms. The summed E-state index contributed by atoms with van der Waals surface area (Å²) in [5, 5.41) is 11.2. The Morgan fingerprint density at radius 2 is 2.14 bits per heavy atom. The summed E-state index contributed by atoms with van der Waals surface area (Å²) >= 11 is 9.68. The van der Waals surface area contributed by atoms with Gasteiger partial charge < -0.3 is 9.84 Å². The van der Waals surface area contributed by atoms with Crippen LogP contribution in [0, 0.1) is 6.92 Å². The average molecular weight is 368 g/mol. The van der Waals surface area contributed by atoms with E-state index in [1.807, 2.05) is 37.3 Å². The van der Waals surface area contributed by atoms with Crippen LogP contribution in [0.25, 0.3) is 0 Å². The van der Waals surface area contributed by atoms with Gasteiger partial charge in [0.25, 0.3) is 0 Å². The largest absolute Gasteiger partial charge is 0.493 e. The summed E-state index contributed by atoms with van der Waals surface area (Å²) in [5.74, 6) is 0.890. The van der Waals surface area contributed by atoms with Gasteiger partial charge in [-0.2, -0.15) is 0 Å². The molecule has 0 fully saturated rings. The fourth-order valence-corrected chi connectivity index (χ4v) is 3.74. The van der Waals surface area contributed by atoms with Gasteiger partial charge in [-0.05, 0) is 47.4 Å². The Morgan fingerprint density at radius 3 is 2.90 bits per heavy atom. The zero-order chi connectivity index (χ0) is 15.0. The molecule has 1 atom stereocenters. The molecule has 110 valence electrons. The number of hydrogen-bond donors (Lipinski definition) is 1. The molecule has 21 heavy (non-hydrogen) atoms. The zero-order valence-electron chi connectivity index (χ0n) is 11.7. The first-order chi connectivity index (χ1) is 10.0.